The van der Waals surface area contributed by atoms with Crippen molar-refractivity contribution in [3.63, 3.8) is 0 Å². The van der Waals surface area contributed by atoms with Crippen molar-refractivity contribution in [2.24, 2.45) is 0 Å². The van der Waals surface area contributed by atoms with Gasteiger partial charge in [0.25, 0.3) is 0 Å². The zero-order valence-corrected chi connectivity index (χ0v) is 9.48. The van der Waals surface area contributed by atoms with Crippen molar-refractivity contribution >= 4 is 21.0 Å². The van der Waals surface area contributed by atoms with Crippen LogP contribution < -0.4 is 0 Å². The van der Waals surface area contributed by atoms with Crippen molar-refractivity contribution in [1.82, 2.24) is 0 Å². The Morgan fingerprint density at radius 2 is 2.12 bits per heavy atom. The fourth-order valence-electron chi connectivity index (χ4n) is 0.0833. The van der Waals surface area contributed by atoms with Gasteiger partial charge in [-0.05, 0) is 0 Å². The quantitative estimate of drug-likeness (QED) is 0.254. The molecule has 0 aliphatic rings. The molecule has 0 amide bonds. The Labute approximate surface area is 57.2 Å². The molecule has 0 aromatic rings. The predicted molar refractivity (Wildman–Crippen MR) is 44.6 cm³/mol. The van der Waals surface area contributed by atoms with Crippen molar-refractivity contribution in [1.29, 1.82) is 0 Å². The monoisotopic (exact) mass is 144 g/mol. The van der Waals surface area contributed by atoms with E-state index in [2.05, 4.69) is 16.6 Å². The summed E-state index contributed by atoms with van der Waals surface area (Å²) >= 11 is 0. The van der Waals surface area contributed by atoms with E-state index >= 15 is 0 Å². The first-order chi connectivity index (χ1) is 3.83. The summed E-state index contributed by atoms with van der Waals surface area (Å²) in [6.45, 7) is 3.41. The average Bonchev–Trinajstić information content (AvgIpc) is 1.71. The van der Waals surface area contributed by atoms with Crippen LogP contribution in [0.1, 0.15) is 6.42 Å². The van der Waals surface area contributed by atoms with Gasteiger partial charge in [0.15, 0.2) is 0 Å². The Morgan fingerprint density at radius 1 is 1.75 bits per heavy atom. The smallest absolute Gasteiger partial charge is 0.129 e. The van der Waals surface area contributed by atoms with E-state index in [0.717, 1.165) is 21.0 Å². The van der Waals surface area contributed by atoms with E-state index in [1.54, 1.807) is 6.08 Å². The first kappa shape index (κ1) is 10.6. The van der Waals surface area contributed by atoms with Gasteiger partial charge in [0.1, 0.15) is 21.0 Å². The number of hydrogen-bond donors (Lipinski definition) is 0. The van der Waals surface area contributed by atoms with Crippen molar-refractivity contribution in [2.45, 2.75) is 6.42 Å². The third kappa shape index (κ3) is 43.7. The Hall–Kier alpha value is -0.306. The molecule has 0 N–H and O–H groups in total. The summed E-state index contributed by atoms with van der Waals surface area (Å²) in [4.78, 5) is 0. The Kier molecular flexibility index (Phi) is 21.1. The van der Waals surface area contributed by atoms with Crippen LogP contribution in [0, 0.1) is 12.3 Å². The number of terminal acetylenes is 1. The van der Waals surface area contributed by atoms with Crippen molar-refractivity contribution in [3.8, 4) is 12.3 Å². The normalized spacial score (nSPS) is 6.38. The van der Waals surface area contributed by atoms with Gasteiger partial charge in [-0.25, -0.2) is 0 Å². The van der Waals surface area contributed by atoms with Crippen LogP contribution >= 0.6 is 0 Å². The molecule has 0 aromatic heterocycles. The minimum atomic E-state index is 0.681. The summed E-state index contributed by atoms with van der Waals surface area (Å²) in [6.07, 6.45) is 7.19. The van der Waals surface area contributed by atoms with Crippen LogP contribution in [-0.4, -0.2) is 21.0 Å². The lowest BCUT2D eigenvalue weighted by Crippen LogP contribution is -1.65. The standard InChI is InChI=1S/C5H6.H6OSi2/c1-3-5-4-2;2-1-3/h1,4H,2,5H2;2-3H3. The van der Waals surface area contributed by atoms with Gasteiger partial charge >= 0.3 is 0 Å². The van der Waals surface area contributed by atoms with Crippen LogP contribution in [0.25, 0.3) is 0 Å². The summed E-state index contributed by atoms with van der Waals surface area (Å²) in [6, 6.07) is 0. The van der Waals surface area contributed by atoms with Crippen molar-refractivity contribution in [3.05, 3.63) is 12.7 Å². The second-order valence-corrected chi connectivity index (χ2v) is 4.37. The SMILES string of the molecule is C#CCC=C.[SiH3]O[SiH3]. The van der Waals surface area contributed by atoms with E-state index in [0.29, 0.717) is 6.42 Å². The third-order valence-corrected chi connectivity index (χ3v) is 0.262. The molecule has 1 nitrogen and oxygen atoms in total. The molecular formula is C5H12OSi2. The molecule has 0 saturated carbocycles. The first-order valence-corrected chi connectivity index (χ1v) is 3.91. The molecule has 0 fully saturated rings. The third-order valence-electron chi connectivity index (χ3n) is 0.262. The van der Waals surface area contributed by atoms with Crippen LogP contribution in [0.4, 0.5) is 0 Å². The number of rotatable bonds is 1. The highest BCUT2D eigenvalue weighted by atomic mass is 28.3. The van der Waals surface area contributed by atoms with Crippen molar-refractivity contribution < 1.29 is 4.12 Å². The lowest BCUT2D eigenvalue weighted by molar-refractivity contribution is 0.690. The van der Waals surface area contributed by atoms with Gasteiger partial charge in [-0.3, -0.25) is 0 Å². The molecule has 0 rings (SSSR count). The second-order valence-electron chi connectivity index (χ2n) is 1.11. The minimum Gasteiger partial charge on any atom is -0.471 e. The van der Waals surface area contributed by atoms with E-state index in [-0.39, 0.29) is 0 Å². The molecule has 0 aliphatic carbocycles. The molecule has 0 atom stereocenters. The summed E-state index contributed by atoms with van der Waals surface area (Å²) in [5.74, 6) is 2.40. The van der Waals surface area contributed by atoms with E-state index in [1.807, 2.05) is 0 Å². The van der Waals surface area contributed by atoms with Crippen molar-refractivity contribution in [2.75, 3.05) is 0 Å². The van der Waals surface area contributed by atoms with Gasteiger partial charge in [-0.2, -0.15) is 0 Å². The van der Waals surface area contributed by atoms with Gasteiger partial charge < -0.3 is 4.12 Å². The van der Waals surface area contributed by atoms with E-state index in [4.69, 9.17) is 6.42 Å². The zero-order chi connectivity index (χ0) is 6.83. The van der Waals surface area contributed by atoms with E-state index in [1.165, 1.54) is 0 Å². The molecule has 0 aliphatic heterocycles. The largest absolute Gasteiger partial charge is 0.471 e. The molecule has 0 aromatic carbocycles. The van der Waals surface area contributed by atoms with Gasteiger partial charge in [0.2, 0.25) is 0 Å². The zero-order valence-electron chi connectivity index (χ0n) is 5.48. The first-order valence-electron chi connectivity index (χ1n) is 2.28. The van der Waals surface area contributed by atoms with E-state index in [9.17, 15) is 0 Å². The van der Waals surface area contributed by atoms with Gasteiger partial charge in [-0.15, -0.1) is 18.9 Å². The van der Waals surface area contributed by atoms with Crippen LogP contribution in [-0.2, 0) is 4.12 Å². The fraction of sp³-hybridized carbons (Fsp3) is 0.200. The van der Waals surface area contributed by atoms with Crippen LogP contribution in [0.3, 0.4) is 0 Å². The summed E-state index contributed by atoms with van der Waals surface area (Å²) in [5.41, 5.74) is 0. The maximum absolute atomic E-state index is 4.82. The molecule has 3 heteroatoms. The van der Waals surface area contributed by atoms with Crippen LogP contribution in [0.2, 0.25) is 0 Å². The Bertz CT molecular complexity index is 75.0. The number of allylic oxidation sites excluding steroid dienone is 1. The maximum atomic E-state index is 4.82. The minimum absolute atomic E-state index is 0.681. The highest BCUT2D eigenvalue weighted by Gasteiger charge is 1.52. The molecule has 0 bridgehead atoms. The molecule has 46 valence electrons. The maximum Gasteiger partial charge on any atom is 0.129 e. The molecule has 0 saturated heterocycles. The molecule has 0 spiro atoms. The summed E-state index contributed by atoms with van der Waals surface area (Å²) in [5, 5.41) is 0. The molecule has 0 heterocycles. The highest BCUT2D eigenvalue weighted by molar-refractivity contribution is 6.15. The summed E-state index contributed by atoms with van der Waals surface area (Å²) in [7, 11) is 1.86. The van der Waals surface area contributed by atoms with E-state index < -0.39 is 0 Å². The lowest BCUT2D eigenvalue weighted by Gasteiger charge is -1.62. The topological polar surface area (TPSA) is 9.23 Å². The number of hydrogen-bond acceptors (Lipinski definition) is 1. The van der Waals surface area contributed by atoms with Gasteiger partial charge in [-0.1, -0.05) is 6.08 Å². The molecular weight excluding hydrogens is 132 g/mol. The lowest BCUT2D eigenvalue weighted by atomic mass is 10.5. The average molecular weight is 144 g/mol. The fourth-order valence-corrected chi connectivity index (χ4v) is 0.0833. The van der Waals surface area contributed by atoms with Crippen LogP contribution in [0.15, 0.2) is 12.7 Å². The Morgan fingerprint density at radius 3 is 2.12 bits per heavy atom. The molecule has 0 unspecified atom stereocenters. The highest BCUT2D eigenvalue weighted by Crippen LogP contribution is 1.67. The van der Waals surface area contributed by atoms with Gasteiger partial charge in [0, 0.05) is 6.42 Å². The van der Waals surface area contributed by atoms with Gasteiger partial charge in [0.05, 0.1) is 0 Å². The Balaban J connectivity index is 0. The predicted octanol–water partition coefficient (Wildman–Crippen LogP) is -1.24. The molecule has 8 heavy (non-hydrogen) atoms. The second kappa shape index (κ2) is 15.9. The molecule has 0 radical (unpaired) electrons. The van der Waals surface area contributed by atoms with Crippen LogP contribution in [0.5, 0.6) is 0 Å². The summed E-state index contributed by atoms with van der Waals surface area (Å²) < 4.78 is 4.53.